The van der Waals surface area contributed by atoms with Crippen LogP contribution in [-0.2, 0) is 13.5 Å². The molecule has 0 amide bonds. The second-order valence-electron chi connectivity index (χ2n) is 2.48. The van der Waals surface area contributed by atoms with Crippen molar-refractivity contribution in [3.8, 4) is 11.8 Å². The Morgan fingerprint density at radius 1 is 1.67 bits per heavy atom. The molecule has 0 fully saturated rings. The van der Waals surface area contributed by atoms with Gasteiger partial charge in [-0.2, -0.15) is 5.10 Å². The minimum Gasteiger partial charge on any atom is -0.384 e. The highest BCUT2D eigenvalue weighted by Crippen LogP contribution is 2.04. The zero-order valence-electron chi connectivity index (χ0n) is 7.33. The fourth-order valence-corrected chi connectivity index (χ4v) is 1.03. The molecule has 0 unspecified atom stereocenters. The summed E-state index contributed by atoms with van der Waals surface area (Å²) in [5.74, 6) is 5.46. The minimum atomic E-state index is -0.0992. The van der Waals surface area contributed by atoms with Gasteiger partial charge in [-0.15, -0.1) is 0 Å². The van der Waals surface area contributed by atoms with Gasteiger partial charge in [0.15, 0.2) is 0 Å². The number of hydrogen-bond acceptors (Lipinski definition) is 2. The van der Waals surface area contributed by atoms with Crippen LogP contribution in [0.25, 0.3) is 0 Å². The lowest BCUT2D eigenvalue weighted by Crippen LogP contribution is -1.89. The lowest BCUT2D eigenvalue weighted by molar-refractivity contribution is 0.350. The van der Waals surface area contributed by atoms with Gasteiger partial charge in [0.2, 0.25) is 0 Å². The molecule has 0 saturated heterocycles. The van der Waals surface area contributed by atoms with Gasteiger partial charge in [-0.25, -0.2) is 0 Å². The Hall–Kier alpha value is -1.27. The van der Waals surface area contributed by atoms with E-state index in [1.165, 1.54) is 0 Å². The molecule has 0 spiro atoms. The Morgan fingerprint density at radius 2 is 2.42 bits per heavy atom. The summed E-state index contributed by atoms with van der Waals surface area (Å²) in [6.45, 7) is 1.94. The van der Waals surface area contributed by atoms with Gasteiger partial charge in [0.05, 0.1) is 11.3 Å². The second-order valence-corrected chi connectivity index (χ2v) is 2.48. The molecular weight excluding hydrogens is 152 g/mol. The molecule has 0 saturated carbocycles. The van der Waals surface area contributed by atoms with E-state index in [0.29, 0.717) is 0 Å². The van der Waals surface area contributed by atoms with Gasteiger partial charge in [0.25, 0.3) is 0 Å². The lowest BCUT2D eigenvalue weighted by Gasteiger charge is -1.86. The van der Waals surface area contributed by atoms with Crippen molar-refractivity contribution in [1.29, 1.82) is 0 Å². The molecule has 0 aromatic carbocycles. The zero-order valence-corrected chi connectivity index (χ0v) is 7.33. The van der Waals surface area contributed by atoms with E-state index in [1.807, 2.05) is 20.2 Å². The standard InChI is InChI=1S/C9H12N2O/c1-3-9-8(5-4-6-12)7-11(2)10-9/h7,12H,3,6H2,1-2H3. The molecule has 1 rings (SSSR count). The molecule has 1 aromatic rings. The Balaban J connectivity index is 2.96. The predicted molar refractivity (Wildman–Crippen MR) is 46.5 cm³/mol. The summed E-state index contributed by atoms with van der Waals surface area (Å²) in [5, 5.41) is 12.7. The highest BCUT2D eigenvalue weighted by Gasteiger charge is 2.01. The number of rotatable bonds is 1. The van der Waals surface area contributed by atoms with E-state index in [2.05, 4.69) is 16.9 Å². The number of aliphatic hydroxyl groups excluding tert-OH is 1. The number of hydrogen-bond donors (Lipinski definition) is 1. The lowest BCUT2D eigenvalue weighted by atomic mass is 10.2. The molecule has 0 aliphatic rings. The fourth-order valence-electron chi connectivity index (χ4n) is 1.03. The minimum absolute atomic E-state index is 0.0992. The maximum absolute atomic E-state index is 8.50. The van der Waals surface area contributed by atoms with Gasteiger partial charge < -0.3 is 5.11 Å². The molecule has 0 aliphatic heterocycles. The maximum atomic E-state index is 8.50. The molecule has 3 heteroatoms. The molecule has 1 N–H and O–H groups in total. The third-order valence-electron chi connectivity index (χ3n) is 1.54. The van der Waals surface area contributed by atoms with Crippen molar-refractivity contribution < 1.29 is 5.11 Å². The van der Waals surface area contributed by atoms with Crippen molar-refractivity contribution in [3.63, 3.8) is 0 Å². The van der Waals surface area contributed by atoms with Crippen LogP contribution < -0.4 is 0 Å². The van der Waals surface area contributed by atoms with Gasteiger partial charge in [-0.3, -0.25) is 4.68 Å². The van der Waals surface area contributed by atoms with Gasteiger partial charge >= 0.3 is 0 Å². The first kappa shape index (κ1) is 8.82. The van der Waals surface area contributed by atoms with E-state index < -0.39 is 0 Å². The van der Waals surface area contributed by atoms with Gasteiger partial charge in [0.1, 0.15) is 6.61 Å². The summed E-state index contributed by atoms with van der Waals surface area (Å²) < 4.78 is 1.74. The Kier molecular flexibility index (Phi) is 2.89. The van der Waals surface area contributed by atoms with Crippen molar-refractivity contribution in [1.82, 2.24) is 9.78 Å². The first-order chi connectivity index (χ1) is 5.77. The summed E-state index contributed by atoms with van der Waals surface area (Å²) in [7, 11) is 1.86. The fraction of sp³-hybridized carbons (Fsp3) is 0.444. The largest absolute Gasteiger partial charge is 0.384 e. The topological polar surface area (TPSA) is 38.0 Å². The van der Waals surface area contributed by atoms with E-state index >= 15 is 0 Å². The van der Waals surface area contributed by atoms with E-state index in [0.717, 1.165) is 17.7 Å². The summed E-state index contributed by atoms with van der Waals surface area (Å²) in [6, 6.07) is 0. The van der Waals surface area contributed by atoms with E-state index in [4.69, 9.17) is 5.11 Å². The smallest absolute Gasteiger partial charge is 0.104 e. The zero-order chi connectivity index (χ0) is 8.97. The molecule has 12 heavy (non-hydrogen) atoms. The summed E-state index contributed by atoms with van der Waals surface area (Å²) in [4.78, 5) is 0. The first-order valence-electron chi connectivity index (χ1n) is 3.90. The number of aliphatic hydroxyl groups is 1. The summed E-state index contributed by atoms with van der Waals surface area (Å²) in [6.07, 6.45) is 2.73. The van der Waals surface area contributed by atoms with Crippen LogP contribution in [0.2, 0.25) is 0 Å². The van der Waals surface area contributed by atoms with Gasteiger partial charge in [-0.05, 0) is 6.42 Å². The van der Waals surface area contributed by atoms with Crippen LogP contribution in [0.15, 0.2) is 6.20 Å². The average molecular weight is 164 g/mol. The molecule has 0 bridgehead atoms. The first-order valence-corrected chi connectivity index (χ1v) is 3.90. The normalized spacial score (nSPS) is 9.25. The molecule has 1 aromatic heterocycles. The van der Waals surface area contributed by atoms with Crippen molar-refractivity contribution >= 4 is 0 Å². The van der Waals surface area contributed by atoms with E-state index in [-0.39, 0.29) is 6.61 Å². The van der Waals surface area contributed by atoms with Crippen LogP contribution in [0, 0.1) is 11.8 Å². The third kappa shape index (κ3) is 1.86. The maximum Gasteiger partial charge on any atom is 0.104 e. The highest BCUT2D eigenvalue weighted by molar-refractivity contribution is 5.36. The Labute approximate surface area is 72.0 Å². The van der Waals surface area contributed by atoms with Crippen LogP contribution >= 0.6 is 0 Å². The molecule has 0 radical (unpaired) electrons. The number of aromatic nitrogens is 2. The number of aryl methyl sites for hydroxylation is 2. The SMILES string of the molecule is CCc1nn(C)cc1C#CCO. The van der Waals surface area contributed by atoms with E-state index in [9.17, 15) is 0 Å². The van der Waals surface area contributed by atoms with E-state index in [1.54, 1.807) is 4.68 Å². The summed E-state index contributed by atoms with van der Waals surface area (Å²) >= 11 is 0. The molecule has 0 atom stereocenters. The van der Waals surface area contributed by atoms with Gasteiger partial charge in [0, 0.05) is 13.2 Å². The summed E-state index contributed by atoms with van der Waals surface area (Å²) in [5.41, 5.74) is 1.90. The number of nitrogens with zero attached hydrogens (tertiary/aromatic N) is 2. The third-order valence-corrected chi connectivity index (χ3v) is 1.54. The Morgan fingerprint density at radius 3 is 3.00 bits per heavy atom. The van der Waals surface area contributed by atoms with Crippen molar-refractivity contribution in [2.45, 2.75) is 13.3 Å². The van der Waals surface area contributed by atoms with Gasteiger partial charge in [-0.1, -0.05) is 18.8 Å². The molecule has 0 aliphatic carbocycles. The van der Waals surface area contributed by atoms with Crippen LogP contribution in [0.1, 0.15) is 18.2 Å². The Bertz CT molecular complexity index is 317. The molecule has 3 nitrogen and oxygen atoms in total. The molecule has 64 valence electrons. The van der Waals surface area contributed by atoms with Crippen molar-refractivity contribution in [3.05, 3.63) is 17.5 Å². The highest BCUT2D eigenvalue weighted by atomic mass is 16.2. The van der Waals surface area contributed by atoms with Crippen LogP contribution in [-0.4, -0.2) is 21.5 Å². The average Bonchev–Trinajstić information content (AvgIpc) is 2.42. The molecular formula is C9H12N2O. The second kappa shape index (κ2) is 3.93. The van der Waals surface area contributed by atoms with Crippen molar-refractivity contribution in [2.75, 3.05) is 6.61 Å². The van der Waals surface area contributed by atoms with Crippen LogP contribution in [0.3, 0.4) is 0 Å². The van der Waals surface area contributed by atoms with Crippen molar-refractivity contribution in [2.24, 2.45) is 7.05 Å². The molecule has 1 heterocycles. The quantitative estimate of drug-likeness (QED) is 0.607. The van der Waals surface area contributed by atoms with Crippen LogP contribution in [0.5, 0.6) is 0 Å². The van der Waals surface area contributed by atoms with Crippen LogP contribution in [0.4, 0.5) is 0 Å². The monoisotopic (exact) mass is 164 g/mol. The predicted octanol–water partition coefficient (Wildman–Crippen LogP) is 0.326.